The molecule has 2 atom stereocenters. The van der Waals surface area contributed by atoms with Gasteiger partial charge in [0.25, 0.3) is 5.91 Å². The Kier molecular flexibility index (Phi) is 7.13. The first kappa shape index (κ1) is 20.4. The van der Waals surface area contributed by atoms with Gasteiger partial charge in [-0.25, -0.2) is 0 Å². The molecule has 1 aliphatic carbocycles. The summed E-state index contributed by atoms with van der Waals surface area (Å²) in [4.78, 5) is 13.0. The SMILES string of the molecule is CC[C@H](Oc1ccc2c(c1)CCCC2)C(=O)N[C@H](CC(C)C)c1ccccc1. The Morgan fingerprint density at radius 1 is 1.04 bits per heavy atom. The van der Waals surface area contributed by atoms with Crippen LogP contribution in [0.4, 0.5) is 0 Å². The lowest BCUT2D eigenvalue weighted by Crippen LogP contribution is -2.40. The first-order valence-electron chi connectivity index (χ1n) is 10.7. The van der Waals surface area contributed by atoms with Crippen molar-refractivity contribution < 1.29 is 9.53 Å². The summed E-state index contributed by atoms with van der Waals surface area (Å²) in [5, 5.41) is 3.23. The third-order valence-corrected chi connectivity index (χ3v) is 5.49. The first-order chi connectivity index (χ1) is 13.6. The first-order valence-corrected chi connectivity index (χ1v) is 10.7. The number of nitrogens with one attached hydrogen (secondary N) is 1. The van der Waals surface area contributed by atoms with Crippen LogP contribution in [0.3, 0.4) is 0 Å². The van der Waals surface area contributed by atoms with Gasteiger partial charge in [-0.15, -0.1) is 0 Å². The minimum absolute atomic E-state index is 0.00915. The maximum Gasteiger partial charge on any atom is 0.261 e. The van der Waals surface area contributed by atoms with E-state index in [0.717, 1.165) is 30.6 Å². The summed E-state index contributed by atoms with van der Waals surface area (Å²) >= 11 is 0. The summed E-state index contributed by atoms with van der Waals surface area (Å²) in [6.45, 7) is 6.37. The van der Waals surface area contributed by atoms with Crippen molar-refractivity contribution in [2.75, 3.05) is 0 Å². The van der Waals surface area contributed by atoms with Crippen LogP contribution in [0.15, 0.2) is 48.5 Å². The number of rotatable bonds is 8. The number of hydrogen-bond donors (Lipinski definition) is 1. The van der Waals surface area contributed by atoms with E-state index in [2.05, 4.69) is 43.4 Å². The van der Waals surface area contributed by atoms with Gasteiger partial charge in [0.05, 0.1) is 6.04 Å². The van der Waals surface area contributed by atoms with Crippen molar-refractivity contribution in [3.8, 4) is 5.75 Å². The van der Waals surface area contributed by atoms with Crippen LogP contribution in [0.2, 0.25) is 0 Å². The zero-order valence-electron chi connectivity index (χ0n) is 17.4. The van der Waals surface area contributed by atoms with Gasteiger partial charge in [0.1, 0.15) is 5.75 Å². The van der Waals surface area contributed by atoms with Crippen molar-refractivity contribution in [3.05, 3.63) is 65.2 Å². The maximum atomic E-state index is 13.0. The molecule has 0 bridgehead atoms. The van der Waals surface area contributed by atoms with E-state index in [9.17, 15) is 4.79 Å². The molecule has 1 amide bonds. The van der Waals surface area contributed by atoms with Crippen molar-refractivity contribution in [1.29, 1.82) is 0 Å². The van der Waals surface area contributed by atoms with E-state index >= 15 is 0 Å². The largest absolute Gasteiger partial charge is 0.481 e. The standard InChI is InChI=1S/C25H33NO2/c1-4-24(28-22-15-14-19-10-8-9-13-21(19)17-22)25(27)26-23(16-18(2)3)20-11-6-5-7-12-20/h5-7,11-12,14-15,17-18,23-24H,4,8-10,13,16H2,1-3H3,(H,26,27)/t23-,24+/m1/s1. The highest BCUT2D eigenvalue weighted by molar-refractivity contribution is 5.81. The summed E-state index contributed by atoms with van der Waals surface area (Å²) in [5.41, 5.74) is 3.95. The third-order valence-electron chi connectivity index (χ3n) is 5.49. The van der Waals surface area contributed by atoms with E-state index in [-0.39, 0.29) is 11.9 Å². The molecule has 0 fully saturated rings. The van der Waals surface area contributed by atoms with Gasteiger partial charge in [0.15, 0.2) is 6.10 Å². The Hall–Kier alpha value is -2.29. The molecule has 0 aromatic heterocycles. The van der Waals surface area contributed by atoms with Crippen molar-refractivity contribution in [3.63, 3.8) is 0 Å². The second-order valence-electron chi connectivity index (χ2n) is 8.25. The Morgan fingerprint density at radius 3 is 2.43 bits per heavy atom. The molecule has 0 saturated carbocycles. The second kappa shape index (κ2) is 9.77. The van der Waals surface area contributed by atoms with E-state index < -0.39 is 6.10 Å². The maximum absolute atomic E-state index is 13.0. The number of fused-ring (bicyclic) bond motifs is 1. The predicted molar refractivity (Wildman–Crippen MR) is 115 cm³/mol. The molecule has 150 valence electrons. The van der Waals surface area contributed by atoms with E-state index in [1.54, 1.807) is 0 Å². The molecule has 0 aliphatic heterocycles. The zero-order chi connectivity index (χ0) is 19.9. The molecular formula is C25H33NO2. The number of carbonyl (C=O) groups excluding carboxylic acids is 1. The predicted octanol–water partition coefficient (Wildman–Crippen LogP) is 5.63. The fraction of sp³-hybridized carbons (Fsp3) is 0.480. The van der Waals surface area contributed by atoms with E-state index in [1.807, 2.05) is 31.2 Å². The van der Waals surface area contributed by atoms with Gasteiger partial charge in [-0.05, 0) is 73.3 Å². The van der Waals surface area contributed by atoms with Crippen LogP contribution in [-0.2, 0) is 17.6 Å². The number of carbonyl (C=O) groups is 1. The normalized spacial score (nSPS) is 15.6. The Bertz CT molecular complexity index is 769. The van der Waals surface area contributed by atoms with Gasteiger partial charge in [0, 0.05) is 0 Å². The molecule has 1 N–H and O–H groups in total. The molecule has 0 spiro atoms. The summed E-state index contributed by atoms with van der Waals surface area (Å²) in [5.74, 6) is 1.27. The number of benzene rings is 2. The molecule has 28 heavy (non-hydrogen) atoms. The quantitative estimate of drug-likeness (QED) is 0.646. The van der Waals surface area contributed by atoms with E-state index in [1.165, 1.54) is 24.0 Å². The Balaban J connectivity index is 1.69. The van der Waals surface area contributed by atoms with Crippen molar-refractivity contribution in [1.82, 2.24) is 5.32 Å². The summed E-state index contributed by atoms with van der Waals surface area (Å²) in [6, 6.07) is 16.5. The van der Waals surface area contributed by atoms with Crippen LogP contribution in [0.5, 0.6) is 5.75 Å². The summed E-state index contributed by atoms with van der Waals surface area (Å²) < 4.78 is 6.12. The molecule has 3 nitrogen and oxygen atoms in total. The average Bonchev–Trinajstić information content (AvgIpc) is 2.71. The van der Waals surface area contributed by atoms with Crippen LogP contribution in [0.25, 0.3) is 0 Å². The molecule has 0 radical (unpaired) electrons. The minimum Gasteiger partial charge on any atom is -0.481 e. The van der Waals surface area contributed by atoms with Crippen molar-refractivity contribution in [2.24, 2.45) is 5.92 Å². The van der Waals surface area contributed by atoms with Gasteiger partial charge in [-0.2, -0.15) is 0 Å². The van der Waals surface area contributed by atoms with Crippen LogP contribution in [0.1, 0.15) is 69.2 Å². The van der Waals surface area contributed by atoms with Crippen LogP contribution >= 0.6 is 0 Å². The molecule has 2 aromatic carbocycles. The topological polar surface area (TPSA) is 38.3 Å². The smallest absolute Gasteiger partial charge is 0.261 e. The zero-order valence-corrected chi connectivity index (χ0v) is 17.4. The highest BCUT2D eigenvalue weighted by Gasteiger charge is 2.23. The van der Waals surface area contributed by atoms with Gasteiger partial charge >= 0.3 is 0 Å². The number of amides is 1. The summed E-state index contributed by atoms with van der Waals surface area (Å²) in [6.07, 6.45) is 5.85. The summed E-state index contributed by atoms with van der Waals surface area (Å²) in [7, 11) is 0. The molecule has 0 saturated heterocycles. The second-order valence-corrected chi connectivity index (χ2v) is 8.25. The molecule has 2 aromatic rings. The average molecular weight is 380 g/mol. The molecule has 3 heteroatoms. The van der Waals surface area contributed by atoms with Gasteiger partial charge in [-0.1, -0.05) is 57.2 Å². The fourth-order valence-corrected chi connectivity index (χ4v) is 3.97. The minimum atomic E-state index is -0.472. The highest BCUT2D eigenvalue weighted by atomic mass is 16.5. The number of hydrogen-bond acceptors (Lipinski definition) is 2. The van der Waals surface area contributed by atoms with Gasteiger partial charge in [0.2, 0.25) is 0 Å². The lowest BCUT2D eigenvalue weighted by Gasteiger charge is -2.25. The lowest BCUT2D eigenvalue weighted by atomic mass is 9.92. The van der Waals surface area contributed by atoms with Gasteiger partial charge < -0.3 is 10.1 Å². The van der Waals surface area contributed by atoms with Crippen LogP contribution in [0, 0.1) is 5.92 Å². The monoisotopic (exact) mass is 379 g/mol. The molecule has 0 heterocycles. The van der Waals surface area contributed by atoms with Crippen LogP contribution in [-0.4, -0.2) is 12.0 Å². The third kappa shape index (κ3) is 5.37. The Morgan fingerprint density at radius 2 is 1.75 bits per heavy atom. The van der Waals surface area contributed by atoms with Crippen LogP contribution < -0.4 is 10.1 Å². The molecule has 3 rings (SSSR count). The van der Waals surface area contributed by atoms with E-state index in [4.69, 9.17) is 4.74 Å². The van der Waals surface area contributed by atoms with Crippen molar-refractivity contribution >= 4 is 5.91 Å². The molecule has 0 unspecified atom stereocenters. The molecule has 1 aliphatic rings. The number of aryl methyl sites for hydroxylation is 2. The molecular weight excluding hydrogens is 346 g/mol. The van der Waals surface area contributed by atoms with Gasteiger partial charge in [-0.3, -0.25) is 4.79 Å². The van der Waals surface area contributed by atoms with Crippen molar-refractivity contribution in [2.45, 2.75) is 71.4 Å². The fourth-order valence-electron chi connectivity index (χ4n) is 3.97. The highest BCUT2D eigenvalue weighted by Crippen LogP contribution is 2.27. The lowest BCUT2D eigenvalue weighted by molar-refractivity contribution is -0.129. The van der Waals surface area contributed by atoms with E-state index in [0.29, 0.717) is 12.3 Å². The number of ether oxygens (including phenoxy) is 1. The Labute approximate surface area is 169 Å².